The maximum atomic E-state index is 13.8. The molecule has 10 nitrogen and oxygen atoms in total. The lowest BCUT2D eigenvalue weighted by atomic mass is 9.86. The molecule has 0 radical (unpaired) electrons. The zero-order chi connectivity index (χ0) is 31.6. The number of nitrogens with zero attached hydrogens (tertiary/aromatic N) is 5. The number of methoxy groups -OCH3 is 1. The fourth-order valence-corrected chi connectivity index (χ4v) is 8.01. The van der Waals surface area contributed by atoms with Crippen LogP contribution in [0.2, 0.25) is 0 Å². The summed E-state index contributed by atoms with van der Waals surface area (Å²) in [5, 5.41) is 4.16. The van der Waals surface area contributed by atoms with Gasteiger partial charge in [-0.1, -0.05) is 26.7 Å². The van der Waals surface area contributed by atoms with Crippen LogP contribution in [-0.2, 0) is 18.4 Å². The number of carbonyl (C=O) groups is 2. The average molecular weight is 612 g/mol. The number of hydrogen-bond acceptors (Lipinski definition) is 6. The Morgan fingerprint density at radius 3 is 2.67 bits per heavy atom. The largest absolute Gasteiger partial charge is 0.494 e. The number of nitrogens with one attached hydrogen (secondary N) is 1. The number of benzene rings is 1. The van der Waals surface area contributed by atoms with Crippen molar-refractivity contribution in [2.24, 2.45) is 18.2 Å². The second-order valence-electron chi connectivity index (χ2n) is 14.2. The Kier molecular flexibility index (Phi) is 7.38. The molecule has 238 valence electrons. The van der Waals surface area contributed by atoms with E-state index >= 15 is 0 Å². The molecule has 3 N–H and O–H groups in total. The average Bonchev–Trinajstić information content (AvgIpc) is 3.75. The molecule has 0 spiro atoms. The molecule has 0 aliphatic carbocycles. The number of amides is 2. The number of ether oxygens (including phenoxy) is 1. The van der Waals surface area contributed by atoms with Crippen LogP contribution in [0.15, 0.2) is 30.3 Å². The van der Waals surface area contributed by atoms with Crippen LogP contribution in [0.25, 0.3) is 33.6 Å². The Hall–Kier alpha value is -3.92. The summed E-state index contributed by atoms with van der Waals surface area (Å²) in [7, 11) is 3.65. The molecule has 6 heterocycles. The van der Waals surface area contributed by atoms with Gasteiger partial charge in [-0.2, -0.15) is 0 Å². The Labute approximate surface area is 264 Å². The highest BCUT2D eigenvalue weighted by Gasteiger charge is 2.47. The van der Waals surface area contributed by atoms with Gasteiger partial charge in [0.1, 0.15) is 16.9 Å². The molecule has 0 unspecified atom stereocenters. The molecule has 4 bridgehead atoms. The summed E-state index contributed by atoms with van der Waals surface area (Å²) in [6.45, 7) is 7.38. The minimum atomic E-state index is -0.194. The highest BCUT2D eigenvalue weighted by molar-refractivity contribution is 6.00. The second kappa shape index (κ2) is 11.2. The lowest BCUT2D eigenvalue weighted by Crippen LogP contribution is -2.40. The second-order valence-corrected chi connectivity index (χ2v) is 14.2. The van der Waals surface area contributed by atoms with E-state index in [0.29, 0.717) is 23.3 Å². The highest BCUT2D eigenvalue weighted by atomic mass is 16.5. The number of hydrogen-bond donors (Lipinski definition) is 2. The van der Waals surface area contributed by atoms with Gasteiger partial charge in [-0.3, -0.25) is 9.59 Å². The van der Waals surface area contributed by atoms with Crippen LogP contribution in [0.5, 0.6) is 5.75 Å². The van der Waals surface area contributed by atoms with E-state index in [-0.39, 0.29) is 41.4 Å². The van der Waals surface area contributed by atoms with Gasteiger partial charge in [-0.15, -0.1) is 0 Å². The first-order valence-corrected chi connectivity index (χ1v) is 16.5. The molecule has 0 saturated carbocycles. The van der Waals surface area contributed by atoms with Crippen molar-refractivity contribution in [3.63, 3.8) is 0 Å². The molecule has 7 rings (SSSR count). The summed E-state index contributed by atoms with van der Waals surface area (Å²) < 4.78 is 10.2. The molecule has 45 heavy (non-hydrogen) atoms. The fourth-order valence-electron chi connectivity index (χ4n) is 8.01. The summed E-state index contributed by atoms with van der Waals surface area (Å²) in [6.07, 6.45) is 7.40. The van der Waals surface area contributed by atoms with E-state index in [1.807, 2.05) is 37.1 Å². The summed E-state index contributed by atoms with van der Waals surface area (Å²) >= 11 is 0. The van der Waals surface area contributed by atoms with Crippen LogP contribution >= 0.6 is 0 Å². The Bertz CT molecular complexity index is 1800. The monoisotopic (exact) mass is 611 g/mol. The molecule has 1 aromatic carbocycles. The van der Waals surface area contributed by atoms with Crippen LogP contribution in [-0.4, -0.2) is 61.1 Å². The predicted octanol–water partition coefficient (Wildman–Crippen LogP) is 5.47. The summed E-state index contributed by atoms with van der Waals surface area (Å²) in [6, 6.07) is 10.2. The van der Waals surface area contributed by atoms with E-state index in [0.717, 1.165) is 85.3 Å². The minimum absolute atomic E-state index is 0.00446. The molecule has 2 fully saturated rings. The van der Waals surface area contributed by atoms with E-state index < -0.39 is 0 Å². The van der Waals surface area contributed by atoms with Crippen molar-refractivity contribution < 1.29 is 14.3 Å². The van der Waals surface area contributed by atoms with Crippen molar-refractivity contribution in [3.8, 4) is 17.3 Å². The summed E-state index contributed by atoms with van der Waals surface area (Å²) in [5.74, 6) is 1.48. The number of carbonyl (C=O) groups excluding carboxylic acids is 2. The van der Waals surface area contributed by atoms with Gasteiger partial charge in [-0.05, 0) is 74.8 Å². The number of aryl methyl sites for hydroxylation is 1. The minimum Gasteiger partial charge on any atom is -0.494 e. The van der Waals surface area contributed by atoms with Crippen molar-refractivity contribution in [1.29, 1.82) is 0 Å². The number of imidazole rings is 1. The van der Waals surface area contributed by atoms with Gasteiger partial charge in [-0.25, -0.2) is 9.97 Å². The van der Waals surface area contributed by atoms with Crippen molar-refractivity contribution in [1.82, 2.24) is 29.3 Å². The van der Waals surface area contributed by atoms with Crippen LogP contribution in [0.1, 0.15) is 94.2 Å². The predicted molar refractivity (Wildman–Crippen MR) is 175 cm³/mol. The number of rotatable bonds is 3. The SMILES string of the molecule is COc1cc(C(=O)N2[C@H]3CC[C@@H]2[C@H](N)C3)cc2nc(-c3cc4ccc5nc4n3CC(C)(C)CCCCCC(=O)N[C@@H]5C)n(C)c12. The fraction of sp³-hybridized carbons (Fsp3) is 0.543. The first kappa shape index (κ1) is 29.8. The molecule has 4 aromatic rings. The number of pyridine rings is 1. The van der Waals surface area contributed by atoms with Gasteiger partial charge in [0.15, 0.2) is 5.82 Å². The third kappa shape index (κ3) is 5.16. The van der Waals surface area contributed by atoms with Crippen molar-refractivity contribution in [3.05, 3.63) is 41.6 Å². The molecule has 3 aliphatic rings. The molecule has 2 saturated heterocycles. The quantitative estimate of drug-likeness (QED) is 0.317. The smallest absolute Gasteiger partial charge is 0.254 e. The number of aromatic nitrogens is 4. The highest BCUT2D eigenvalue weighted by Crippen LogP contribution is 2.40. The molecular weight excluding hydrogens is 566 g/mol. The number of nitrogens with two attached hydrogens (primary N) is 1. The van der Waals surface area contributed by atoms with Crippen LogP contribution in [0.4, 0.5) is 0 Å². The Morgan fingerprint density at radius 1 is 1.11 bits per heavy atom. The summed E-state index contributed by atoms with van der Waals surface area (Å²) in [5.41, 5.74) is 11.2. The third-order valence-corrected chi connectivity index (χ3v) is 10.4. The van der Waals surface area contributed by atoms with Crippen LogP contribution in [0, 0.1) is 5.41 Å². The zero-order valence-corrected chi connectivity index (χ0v) is 27.1. The molecule has 10 heteroatoms. The van der Waals surface area contributed by atoms with Gasteiger partial charge in [0, 0.05) is 49.1 Å². The molecule has 4 atom stereocenters. The maximum Gasteiger partial charge on any atom is 0.254 e. The van der Waals surface area contributed by atoms with E-state index in [2.05, 4.69) is 40.4 Å². The molecule has 3 aliphatic heterocycles. The first-order valence-electron chi connectivity index (χ1n) is 16.5. The topological polar surface area (TPSA) is 120 Å². The van der Waals surface area contributed by atoms with Crippen LogP contribution in [0.3, 0.4) is 0 Å². The lowest BCUT2D eigenvalue weighted by molar-refractivity contribution is -0.121. The van der Waals surface area contributed by atoms with Gasteiger partial charge >= 0.3 is 0 Å². The van der Waals surface area contributed by atoms with Gasteiger partial charge in [0.2, 0.25) is 5.91 Å². The van der Waals surface area contributed by atoms with Gasteiger partial charge in [0.05, 0.1) is 30.1 Å². The van der Waals surface area contributed by atoms with E-state index in [1.54, 1.807) is 7.11 Å². The first-order chi connectivity index (χ1) is 21.5. The standard InChI is InChI=1S/C35H45N7O3/c1-20-25-12-10-21-16-28(41(32(21)38-25)19-35(2,3)14-8-6-7-9-30(43)37-20)33-39-26-15-22(17-29(45-5)31(26)40(33)4)34(44)42-23-11-13-27(42)24(36)18-23/h10,12,15-17,20,23-24,27H,6-9,11,13-14,18-19,36H2,1-5H3,(H,37,43)/t20-,23+,24-,27-/m1/s1. The van der Waals surface area contributed by atoms with Gasteiger partial charge in [0.25, 0.3) is 5.91 Å². The summed E-state index contributed by atoms with van der Waals surface area (Å²) in [4.78, 5) is 38.8. The van der Waals surface area contributed by atoms with Crippen molar-refractivity contribution >= 4 is 33.9 Å². The van der Waals surface area contributed by atoms with E-state index in [9.17, 15) is 9.59 Å². The third-order valence-electron chi connectivity index (χ3n) is 10.4. The normalized spacial score (nSPS) is 25.2. The lowest BCUT2D eigenvalue weighted by Gasteiger charge is -2.27. The van der Waals surface area contributed by atoms with E-state index in [1.165, 1.54) is 0 Å². The molecule has 3 aromatic heterocycles. The van der Waals surface area contributed by atoms with Crippen molar-refractivity contribution in [2.45, 2.75) is 103 Å². The molecule has 2 amide bonds. The zero-order valence-electron chi connectivity index (χ0n) is 27.1. The maximum absolute atomic E-state index is 13.8. The van der Waals surface area contributed by atoms with Crippen LogP contribution < -0.4 is 15.8 Å². The van der Waals surface area contributed by atoms with E-state index in [4.69, 9.17) is 20.4 Å². The Morgan fingerprint density at radius 2 is 1.93 bits per heavy atom. The van der Waals surface area contributed by atoms with Gasteiger partial charge < -0.3 is 29.8 Å². The Balaban J connectivity index is 1.35. The van der Waals surface area contributed by atoms with Crippen molar-refractivity contribution in [2.75, 3.05) is 7.11 Å². The molecular formula is C35H45N7O3. The number of fused-ring (bicyclic) bond motifs is 4.